The van der Waals surface area contributed by atoms with Crippen molar-refractivity contribution >= 4 is 5.97 Å². The molecule has 0 atom stereocenters. The fraction of sp³-hybridized carbons (Fsp3) is 0.538. The van der Waals surface area contributed by atoms with Crippen LogP contribution in [0.3, 0.4) is 0 Å². The fourth-order valence-corrected chi connectivity index (χ4v) is 2.15. The van der Waals surface area contributed by atoms with Gasteiger partial charge in [-0.25, -0.2) is 4.79 Å². The molecule has 18 heavy (non-hydrogen) atoms. The molecule has 5 heteroatoms. The molecule has 0 aliphatic heterocycles. The first-order valence-corrected chi connectivity index (χ1v) is 6.16. The van der Waals surface area contributed by atoms with Gasteiger partial charge in [0.1, 0.15) is 0 Å². The van der Waals surface area contributed by atoms with E-state index in [1.807, 2.05) is 0 Å². The van der Waals surface area contributed by atoms with E-state index in [0.29, 0.717) is 12.2 Å². The van der Waals surface area contributed by atoms with Gasteiger partial charge in [0.2, 0.25) is 0 Å². The van der Waals surface area contributed by atoms with Crippen LogP contribution in [0.4, 0.5) is 0 Å². The van der Waals surface area contributed by atoms with Crippen molar-refractivity contribution in [1.82, 2.24) is 10.3 Å². The van der Waals surface area contributed by atoms with Crippen LogP contribution in [0.1, 0.15) is 35.3 Å². The van der Waals surface area contributed by atoms with Gasteiger partial charge in [0.15, 0.2) is 0 Å². The summed E-state index contributed by atoms with van der Waals surface area (Å²) in [6.45, 7) is 1.48. The Morgan fingerprint density at radius 2 is 2.28 bits per heavy atom. The van der Waals surface area contributed by atoms with E-state index in [2.05, 4.69) is 10.3 Å². The fourth-order valence-electron chi connectivity index (χ4n) is 2.15. The molecule has 5 nitrogen and oxygen atoms in total. The van der Waals surface area contributed by atoms with Crippen LogP contribution in [-0.2, 0) is 6.54 Å². The number of nitrogens with one attached hydrogen (secondary N) is 1. The van der Waals surface area contributed by atoms with Crippen molar-refractivity contribution in [3.05, 3.63) is 29.6 Å². The van der Waals surface area contributed by atoms with Gasteiger partial charge in [0, 0.05) is 25.9 Å². The predicted molar refractivity (Wildman–Crippen MR) is 66.3 cm³/mol. The van der Waals surface area contributed by atoms with Crippen LogP contribution in [0.2, 0.25) is 0 Å². The highest BCUT2D eigenvalue weighted by atomic mass is 16.4. The number of aromatic nitrogens is 1. The molecular formula is C13H18N2O3. The summed E-state index contributed by atoms with van der Waals surface area (Å²) in [5, 5.41) is 21.2. The topological polar surface area (TPSA) is 82.5 Å². The van der Waals surface area contributed by atoms with Crippen LogP contribution in [-0.4, -0.2) is 34.3 Å². The lowest BCUT2D eigenvalue weighted by Gasteiger charge is -2.14. The predicted octanol–water partition coefficient (Wildman–Crippen LogP) is 1.03. The van der Waals surface area contributed by atoms with Crippen LogP contribution in [0.25, 0.3) is 0 Å². The number of carboxylic acids is 1. The lowest BCUT2D eigenvalue weighted by atomic mass is 10.0. The summed E-state index contributed by atoms with van der Waals surface area (Å²) in [7, 11) is 0. The Hall–Kier alpha value is -1.46. The van der Waals surface area contributed by atoms with Crippen LogP contribution in [0, 0.1) is 5.41 Å². The summed E-state index contributed by atoms with van der Waals surface area (Å²) in [4.78, 5) is 15.1. The normalized spacial score (nSPS) is 16.5. The van der Waals surface area contributed by atoms with Gasteiger partial charge < -0.3 is 15.5 Å². The van der Waals surface area contributed by atoms with Crippen LogP contribution in [0.5, 0.6) is 0 Å². The highest BCUT2D eigenvalue weighted by Crippen LogP contribution is 2.47. The average Bonchev–Trinajstić information content (AvgIpc) is 3.10. The summed E-state index contributed by atoms with van der Waals surface area (Å²) in [5.41, 5.74) is 1.04. The molecule has 1 aliphatic rings. The second-order valence-corrected chi connectivity index (χ2v) is 4.88. The van der Waals surface area contributed by atoms with Crippen LogP contribution < -0.4 is 5.32 Å². The first kappa shape index (κ1) is 13.0. The molecule has 0 bridgehead atoms. The molecular weight excluding hydrogens is 232 g/mol. The number of rotatable bonds is 7. The van der Waals surface area contributed by atoms with E-state index in [1.54, 1.807) is 18.3 Å². The Labute approximate surface area is 106 Å². The molecule has 0 radical (unpaired) electrons. The van der Waals surface area contributed by atoms with E-state index >= 15 is 0 Å². The van der Waals surface area contributed by atoms with E-state index in [4.69, 9.17) is 10.2 Å². The molecule has 0 amide bonds. The number of hydrogen-bond donors (Lipinski definition) is 3. The van der Waals surface area contributed by atoms with Crippen molar-refractivity contribution in [2.75, 3.05) is 13.2 Å². The van der Waals surface area contributed by atoms with Crippen LogP contribution >= 0.6 is 0 Å². The zero-order valence-electron chi connectivity index (χ0n) is 10.2. The molecule has 1 saturated carbocycles. The third-order valence-electron chi connectivity index (χ3n) is 3.51. The molecule has 0 saturated heterocycles. The minimum Gasteiger partial charge on any atom is -0.478 e. The Morgan fingerprint density at radius 3 is 2.89 bits per heavy atom. The third kappa shape index (κ3) is 3.05. The first-order valence-electron chi connectivity index (χ1n) is 6.16. The molecule has 2 rings (SSSR count). The highest BCUT2D eigenvalue weighted by molar-refractivity contribution is 5.88. The maximum absolute atomic E-state index is 11.0. The maximum atomic E-state index is 11.0. The monoisotopic (exact) mass is 250 g/mol. The minimum atomic E-state index is -0.948. The van der Waals surface area contributed by atoms with Gasteiger partial charge in [-0.05, 0) is 36.8 Å². The van der Waals surface area contributed by atoms with Gasteiger partial charge in [-0.1, -0.05) is 0 Å². The zero-order valence-corrected chi connectivity index (χ0v) is 10.2. The largest absolute Gasteiger partial charge is 0.478 e. The van der Waals surface area contributed by atoms with Crippen molar-refractivity contribution in [1.29, 1.82) is 0 Å². The van der Waals surface area contributed by atoms with Gasteiger partial charge >= 0.3 is 5.97 Å². The van der Waals surface area contributed by atoms with Gasteiger partial charge in [0.05, 0.1) is 11.3 Å². The summed E-state index contributed by atoms with van der Waals surface area (Å²) in [5.74, 6) is -0.948. The lowest BCUT2D eigenvalue weighted by Crippen LogP contribution is -2.25. The van der Waals surface area contributed by atoms with Crippen molar-refractivity contribution < 1.29 is 15.0 Å². The number of pyridine rings is 1. The second kappa shape index (κ2) is 5.46. The van der Waals surface area contributed by atoms with Crippen LogP contribution in [0.15, 0.2) is 18.3 Å². The molecule has 98 valence electrons. The molecule has 0 aromatic carbocycles. The molecule has 1 aromatic heterocycles. The van der Waals surface area contributed by atoms with Crippen molar-refractivity contribution in [2.45, 2.75) is 25.8 Å². The molecule has 1 fully saturated rings. The van der Waals surface area contributed by atoms with E-state index in [1.165, 1.54) is 0 Å². The zero-order chi connectivity index (χ0) is 13.0. The molecule has 1 aromatic rings. The smallest absolute Gasteiger partial charge is 0.337 e. The van der Waals surface area contributed by atoms with E-state index in [9.17, 15) is 4.79 Å². The van der Waals surface area contributed by atoms with Crippen molar-refractivity contribution in [3.8, 4) is 0 Å². The quantitative estimate of drug-likeness (QED) is 0.673. The first-order chi connectivity index (χ1) is 8.67. The standard InChI is InChI=1S/C13H18N2O3/c16-7-5-13(3-4-13)9-14-8-11-10(12(17)18)2-1-6-15-11/h1-2,6,14,16H,3-5,7-9H2,(H,17,18). The summed E-state index contributed by atoms with van der Waals surface area (Å²) >= 11 is 0. The maximum Gasteiger partial charge on any atom is 0.337 e. The summed E-state index contributed by atoms with van der Waals surface area (Å²) < 4.78 is 0. The van der Waals surface area contributed by atoms with Gasteiger partial charge in [-0.3, -0.25) is 4.98 Å². The molecule has 0 unspecified atom stereocenters. The molecule has 1 heterocycles. The average molecular weight is 250 g/mol. The SMILES string of the molecule is O=C(O)c1cccnc1CNCC1(CCO)CC1. The Bertz CT molecular complexity index is 430. The third-order valence-corrected chi connectivity index (χ3v) is 3.51. The summed E-state index contributed by atoms with van der Waals surface area (Å²) in [6.07, 6.45) is 4.68. The number of aliphatic hydroxyl groups excluding tert-OH is 1. The molecule has 0 spiro atoms. The van der Waals surface area contributed by atoms with Gasteiger partial charge in [0.25, 0.3) is 0 Å². The van der Waals surface area contributed by atoms with Gasteiger partial charge in [-0.2, -0.15) is 0 Å². The molecule has 1 aliphatic carbocycles. The minimum absolute atomic E-state index is 0.214. The Morgan fingerprint density at radius 1 is 1.50 bits per heavy atom. The van der Waals surface area contributed by atoms with Crippen molar-refractivity contribution in [3.63, 3.8) is 0 Å². The van der Waals surface area contributed by atoms with E-state index in [-0.39, 0.29) is 17.6 Å². The van der Waals surface area contributed by atoms with Crippen molar-refractivity contribution in [2.24, 2.45) is 5.41 Å². The highest BCUT2D eigenvalue weighted by Gasteiger charge is 2.41. The number of nitrogens with zero attached hydrogens (tertiary/aromatic N) is 1. The molecule has 3 N–H and O–H groups in total. The number of aliphatic hydroxyl groups is 1. The van der Waals surface area contributed by atoms with E-state index in [0.717, 1.165) is 25.8 Å². The number of carboxylic acid groups (broad SMARTS) is 1. The van der Waals surface area contributed by atoms with Gasteiger partial charge in [-0.15, -0.1) is 0 Å². The summed E-state index contributed by atoms with van der Waals surface area (Å²) in [6, 6.07) is 3.19. The number of hydrogen-bond acceptors (Lipinski definition) is 4. The van der Waals surface area contributed by atoms with E-state index < -0.39 is 5.97 Å². The number of carbonyl (C=O) groups is 1. The lowest BCUT2D eigenvalue weighted by molar-refractivity contribution is 0.0695. The Kier molecular flexibility index (Phi) is 3.93. The number of aromatic carboxylic acids is 1. The Balaban J connectivity index is 1.89. The second-order valence-electron chi connectivity index (χ2n) is 4.88.